The van der Waals surface area contributed by atoms with Gasteiger partial charge >= 0.3 is 0 Å². The smallest absolute Gasteiger partial charge is 0.278 e. The largest absolute Gasteiger partial charge is 0.492 e. The Hall–Kier alpha value is -3.10. The van der Waals surface area contributed by atoms with E-state index in [0.717, 1.165) is 12.8 Å². The summed E-state index contributed by atoms with van der Waals surface area (Å²) >= 11 is 0. The van der Waals surface area contributed by atoms with E-state index in [0.29, 0.717) is 29.8 Å². The highest BCUT2D eigenvalue weighted by Gasteiger charge is 2.32. The van der Waals surface area contributed by atoms with Crippen LogP contribution in [0.15, 0.2) is 24.3 Å². The number of amides is 1. The van der Waals surface area contributed by atoms with Gasteiger partial charge in [-0.15, -0.1) is 5.10 Å². The number of aromatic nitrogens is 6. The minimum absolute atomic E-state index is 0.0173. The molecule has 0 spiro atoms. The Labute approximate surface area is 136 Å². The van der Waals surface area contributed by atoms with Crippen LogP contribution in [0.1, 0.15) is 29.2 Å². The summed E-state index contributed by atoms with van der Waals surface area (Å²) < 4.78 is 0. The Morgan fingerprint density at radius 1 is 1.29 bits per heavy atom. The van der Waals surface area contributed by atoms with Crippen LogP contribution in [0, 0.1) is 0 Å². The predicted octanol–water partition coefficient (Wildman–Crippen LogP) is 0.696. The van der Waals surface area contributed by atoms with Gasteiger partial charge in [0.25, 0.3) is 5.91 Å². The van der Waals surface area contributed by atoms with E-state index in [1.807, 2.05) is 6.07 Å². The number of nitrogens with zero attached hydrogens (tertiary/aromatic N) is 6. The van der Waals surface area contributed by atoms with Gasteiger partial charge in [0.05, 0.1) is 11.0 Å². The molecule has 0 saturated carbocycles. The lowest BCUT2D eigenvalue weighted by Gasteiger charge is -2.23. The molecule has 0 radical (unpaired) electrons. The molecule has 2 aromatic heterocycles. The summed E-state index contributed by atoms with van der Waals surface area (Å²) in [6, 6.07) is 7.10. The van der Waals surface area contributed by atoms with E-state index in [1.54, 1.807) is 23.1 Å². The number of aromatic hydroxyl groups is 1. The number of para-hydroxylation sites is 2. The Morgan fingerprint density at radius 3 is 2.83 bits per heavy atom. The molecule has 1 aliphatic rings. The van der Waals surface area contributed by atoms with Crippen LogP contribution in [0.3, 0.4) is 0 Å². The van der Waals surface area contributed by atoms with Crippen molar-refractivity contribution in [3.05, 3.63) is 35.8 Å². The van der Waals surface area contributed by atoms with E-state index in [4.69, 9.17) is 0 Å². The molecule has 1 aromatic carbocycles. The summed E-state index contributed by atoms with van der Waals surface area (Å²) in [6.07, 6.45) is 2.29. The molecule has 1 saturated heterocycles. The Kier molecular flexibility index (Phi) is 3.52. The molecule has 0 bridgehead atoms. The molecular formula is C15H15N7O2. The van der Waals surface area contributed by atoms with Crippen molar-refractivity contribution >= 4 is 16.9 Å². The molecule has 2 N–H and O–H groups in total. The lowest BCUT2D eigenvalue weighted by atomic mass is 10.1. The molecule has 9 nitrogen and oxygen atoms in total. The SMILES string of the molecule is O=C(c1nc2ccccc2nc1O)N1CCCC1Cc1nnn[nH]1. The number of likely N-dealkylation sites (tertiary alicyclic amines) is 1. The van der Waals surface area contributed by atoms with Gasteiger partial charge in [0.1, 0.15) is 0 Å². The van der Waals surface area contributed by atoms with E-state index < -0.39 is 0 Å². The molecule has 1 amide bonds. The van der Waals surface area contributed by atoms with Gasteiger partial charge in [0, 0.05) is 19.0 Å². The number of hydrogen-bond acceptors (Lipinski definition) is 7. The highest BCUT2D eigenvalue weighted by molar-refractivity contribution is 5.96. The third-order valence-corrected chi connectivity index (χ3v) is 4.21. The van der Waals surface area contributed by atoms with Crippen LogP contribution in [0.2, 0.25) is 0 Å². The van der Waals surface area contributed by atoms with Gasteiger partial charge in [-0.25, -0.2) is 15.1 Å². The number of nitrogens with one attached hydrogen (secondary N) is 1. The average molecular weight is 325 g/mol. The van der Waals surface area contributed by atoms with Crippen molar-refractivity contribution in [2.75, 3.05) is 6.54 Å². The topological polar surface area (TPSA) is 121 Å². The highest BCUT2D eigenvalue weighted by Crippen LogP contribution is 2.25. The van der Waals surface area contributed by atoms with Crippen molar-refractivity contribution in [1.29, 1.82) is 0 Å². The summed E-state index contributed by atoms with van der Waals surface area (Å²) in [5.41, 5.74) is 1.11. The summed E-state index contributed by atoms with van der Waals surface area (Å²) in [5, 5.41) is 23.8. The van der Waals surface area contributed by atoms with Gasteiger partial charge in [0.2, 0.25) is 5.88 Å². The zero-order chi connectivity index (χ0) is 16.5. The van der Waals surface area contributed by atoms with Crippen LogP contribution >= 0.6 is 0 Å². The highest BCUT2D eigenvalue weighted by atomic mass is 16.3. The second kappa shape index (κ2) is 5.84. The number of benzene rings is 1. The fraction of sp³-hybridized carbons (Fsp3) is 0.333. The number of aromatic amines is 1. The summed E-state index contributed by atoms with van der Waals surface area (Å²) in [7, 11) is 0. The zero-order valence-electron chi connectivity index (χ0n) is 12.8. The zero-order valence-corrected chi connectivity index (χ0v) is 12.8. The number of H-pyrrole nitrogens is 1. The van der Waals surface area contributed by atoms with Gasteiger partial charge in [0.15, 0.2) is 11.5 Å². The number of tetrazole rings is 1. The maximum atomic E-state index is 12.9. The first-order valence-electron chi connectivity index (χ1n) is 7.71. The van der Waals surface area contributed by atoms with Crippen molar-refractivity contribution in [3.8, 4) is 5.88 Å². The minimum atomic E-state index is -0.342. The molecule has 122 valence electrons. The molecule has 1 atom stereocenters. The minimum Gasteiger partial charge on any atom is -0.492 e. The number of carbonyl (C=O) groups is 1. The van der Waals surface area contributed by atoms with E-state index in [9.17, 15) is 9.90 Å². The molecule has 3 heterocycles. The van der Waals surface area contributed by atoms with Crippen LogP contribution < -0.4 is 0 Å². The molecular weight excluding hydrogens is 310 g/mol. The molecule has 3 aromatic rings. The maximum Gasteiger partial charge on any atom is 0.278 e. The third kappa shape index (κ3) is 2.53. The summed E-state index contributed by atoms with van der Waals surface area (Å²) in [4.78, 5) is 22.9. The predicted molar refractivity (Wildman–Crippen MR) is 83.1 cm³/mol. The number of fused-ring (bicyclic) bond motifs is 1. The van der Waals surface area contributed by atoms with Crippen molar-refractivity contribution in [2.45, 2.75) is 25.3 Å². The summed E-state index contributed by atoms with van der Waals surface area (Å²) in [5.74, 6) is -0.0278. The Bertz CT molecular complexity index is 881. The quantitative estimate of drug-likeness (QED) is 0.727. The fourth-order valence-corrected chi connectivity index (χ4v) is 3.07. The molecule has 9 heteroatoms. The lowest BCUT2D eigenvalue weighted by molar-refractivity contribution is 0.0725. The van der Waals surface area contributed by atoms with E-state index >= 15 is 0 Å². The Balaban J connectivity index is 1.63. The monoisotopic (exact) mass is 325 g/mol. The average Bonchev–Trinajstić information content (AvgIpc) is 3.26. The molecule has 4 rings (SSSR count). The van der Waals surface area contributed by atoms with E-state index in [-0.39, 0.29) is 23.5 Å². The molecule has 1 unspecified atom stereocenters. The van der Waals surface area contributed by atoms with Gasteiger partial charge < -0.3 is 10.0 Å². The summed E-state index contributed by atoms with van der Waals surface area (Å²) in [6.45, 7) is 0.610. The van der Waals surface area contributed by atoms with Crippen molar-refractivity contribution < 1.29 is 9.90 Å². The second-order valence-corrected chi connectivity index (χ2v) is 5.73. The van der Waals surface area contributed by atoms with E-state index in [1.165, 1.54) is 0 Å². The molecule has 24 heavy (non-hydrogen) atoms. The first-order valence-corrected chi connectivity index (χ1v) is 7.71. The van der Waals surface area contributed by atoms with Gasteiger partial charge in [-0.3, -0.25) is 4.79 Å². The van der Waals surface area contributed by atoms with Crippen LogP contribution in [-0.2, 0) is 6.42 Å². The van der Waals surface area contributed by atoms with Crippen LogP contribution in [0.4, 0.5) is 0 Å². The van der Waals surface area contributed by atoms with Crippen molar-refractivity contribution in [3.63, 3.8) is 0 Å². The standard InChI is InChI=1S/C15H15N7O2/c23-14-13(16-10-5-1-2-6-11(10)17-14)15(24)22-7-3-4-9(22)8-12-18-20-21-19-12/h1-2,5-6,9H,3-4,7-8H2,(H,17,23)(H,18,19,20,21). The second-order valence-electron chi connectivity index (χ2n) is 5.73. The van der Waals surface area contributed by atoms with Crippen LogP contribution in [0.25, 0.3) is 11.0 Å². The third-order valence-electron chi connectivity index (χ3n) is 4.21. The normalized spacial score (nSPS) is 17.5. The molecule has 1 fully saturated rings. The van der Waals surface area contributed by atoms with Crippen molar-refractivity contribution in [1.82, 2.24) is 35.5 Å². The van der Waals surface area contributed by atoms with E-state index in [2.05, 4.69) is 30.6 Å². The lowest BCUT2D eigenvalue weighted by Crippen LogP contribution is -2.37. The van der Waals surface area contributed by atoms with Crippen LogP contribution in [-0.4, -0.2) is 59.1 Å². The van der Waals surface area contributed by atoms with Gasteiger partial charge in [-0.1, -0.05) is 12.1 Å². The number of carbonyl (C=O) groups excluding carboxylic acids is 1. The fourth-order valence-electron chi connectivity index (χ4n) is 3.07. The first kappa shape index (κ1) is 14.5. The van der Waals surface area contributed by atoms with Gasteiger partial charge in [-0.2, -0.15) is 0 Å². The van der Waals surface area contributed by atoms with Crippen molar-refractivity contribution in [2.24, 2.45) is 0 Å². The first-order chi connectivity index (χ1) is 11.7. The number of hydrogen-bond donors (Lipinski definition) is 2. The number of rotatable bonds is 3. The van der Waals surface area contributed by atoms with Gasteiger partial charge in [-0.05, 0) is 35.4 Å². The maximum absolute atomic E-state index is 12.9. The Morgan fingerprint density at radius 2 is 2.08 bits per heavy atom. The molecule has 0 aliphatic carbocycles. The molecule has 1 aliphatic heterocycles. The van der Waals surface area contributed by atoms with Crippen LogP contribution in [0.5, 0.6) is 5.88 Å².